The second kappa shape index (κ2) is 10.2. The van der Waals surface area contributed by atoms with Crippen LogP contribution in [0, 0.1) is 5.92 Å². The smallest absolute Gasteiger partial charge is 0.450 e. The second-order valence-corrected chi connectivity index (χ2v) is 2.76. The molecule has 0 saturated carbocycles. The highest BCUT2D eigenvalue weighted by Gasteiger charge is 1.97. The first-order valence-electron chi connectivity index (χ1n) is 4.10. The molecule has 0 spiro atoms. The summed E-state index contributed by atoms with van der Waals surface area (Å²) >= 11 is 0. The zero-order chi connectivity index (χ0) is 9.98. The number of hydrogen-bond donors (Lipinski definition) is 2. The quantitative estimate of drug-likeness (QED) is 0.643. The molecule has 0 unspecified atom stereocenters. The van der Waals surface area contributed by atoms with E-state index in [9.17, 15) is 4.79 Å². The SMILES string of the molecule is CC(C)COC(=O)O.CCCN. The van der Waals surface area contributed by atoms with Crippen molar-refractivity contribution in [3.05, 3.63) is 0 Å². The molecular weight excluding hydrogens is 158 g/mol. The fourth-order valence-electron chi connectivity index (χ4n) is 0.238. The molecule has 74 valence electrons. The van der Waals surface area contributed by atoms with E-state index in [1.807, 2.05) is 13.8 Å². The first kappa shape index (κ1) is 13.8. The molecule has 0 aromatic heterocycles. The van der Waals surface area contributed by atoms with Gasteiger partial charge in [-0.2, -0.15) is 0 Å². The Kier molecular flexibility index (Phi) is 11.8. The Morgan fingerprint density at radius 3 is 2.08 bits per heavy atom. The van der Waals surface area contributed by atoms with Crippen LogP contribution in [0.2, 0.25) is 0 Å². The molecule has 0 fully saturated rings. The Morgan fingerprint density at radius 2 is 2.00 bits per heavy atom. The van der Waals surface area contributed by atoms with Gasteiger partial charge < -0.3 is 15.6 Å². The van der Waals surface area contributed by atoms with Crippen LogP contribution >= 0.6 is 0 Å². The molecule has 12 heavy (non-hydrogen) atoms. The minimum atomic E-state index is -1.20. The molecule has 0 aliphatic heterocycles. The number of carbonyl (C=O) groups is 1. The summed E-state index contributed by atoms with van der Waals surface area (Å²) in [5.74, 6) is 0.283. The maximum absolute atomic E-state index is 9.68. The van der Waals surface area contributed by atoms with Gasteiger partial charge in [-0.3, -0.25) is 0 Å². The average molecular weight is 177 g/mol. The lowest BCUT2D eigenvalue weighted by Crippen LogP contribution is -2.06. The third-order valence-electron chi connectivity index (χ3n) is 0.829. The summed E-state index contributed by atoms with van der Waals surface area (Å²) in [6.45, 7) is 6.95. The zero-order valence-electron chi connectivity index (χ0n) is 8.04. The maximum atomic E-state index is 9.68. The van der Waals surface area contributed by atoms with Crippen LogP contribution in [0.25, 0.3) is 0 Å². The van der Waals surface area contributed by atoms with Crippen molar-refractivity contribution >= 4 is 6.16 Å². The van der Waals surface area contributed by atoms with Crippen molar-refractivity contribution in [3.8, 4) is 0 Å². The van der Waals surface area contributed by atoms with E-state index in [0.717, 1.165) is 13.0 Å². The molecule has 0 radical (unpaired) electrons. The predicted molar refractivity (Wildman–Crippen MR) is 48.2 cm³/mol. The fraction of sp³-hybridized carbons (Fsp3) is 0.875. The summed E-state index contributed by atoms with van der Waals surface area (Å²) in [6.07, 6.45) is -0.0984. The third kappa shape index (κ3) is 22.9. The molecule has 0 bridgehead atoms. The summed E-state index contributed by atoms with van der Waals surface area (Å²) in [4.78, 5) is 9.68. The van der Waals surface area contributed by atoms with Gasteiger partial charge in [0.15, 0.2) is 0 Å². The van der Waals surface area contributed by atoms with Gasteiger partial charge in [0.25, 0.3) is 0 Å². The lowest BCUT2D eigenvalue weighted by Gasteiger charge is -2.00. The Bertz CT molecular complexity index is 102. The van der Waals surface area contributed by atoms with Crippen molar-refractivity contribution < 1.29 is 14.6 Å². The van der Waals surface area contributed by atoms with E-state index in [2.05, 4.69) is 11.7 Å². The van der Waals surface area contributed by atoms with E-state index in [1.165, 1.54) is 0 Å². The van der Waals surface area contributed by atoms with Gasteiger partial charge in [0.1, 0.15) is 0 Å². The third-order valence-corrected chi connectivity index (χ3v) is 0.829. The number of hydrogen-bond acceptors (Lipinski definition) is 3. The van der Waals surface area contributed by atoms with Crippen molar-refractivity contribution in [1.29, 1.82) is 0 Å². The van der Waals surface area contributed by atoms with Crippen LogP contribution in [0.1, 0.15) is 27.2 Å². The zero-order valence-corrected chi connectivity index (χ0v) is 8.04. The molecule has 0 aromatic carbocycles. The molecule has 4 nitrogen and oxygen atoms in total. The number of ether oxygens (including phenoxy) is 1. The topological polar surface area (TPSA) is 72.5 Å². The highest BCUT2D eigenvalue weighted by atomic mass is 16.7. The predicted octanol–water partition coefficient (Wildman–Crippen LogP) is 1.69. The lowest BCUT2D eigenvalue weighted by molar-refractivity contribution is 0.0814. The Morgan fingerprint density at radius 1 is 1.58 bits per heavy atom. The average Bonchev–Trinajstić information content (AvgIpc) is 2.01. The molecule has 0 rings (SSSR count). The Hall–Kier alpha value is -0.770. The van der Waals surface area contributed by atoms with E-state index in [-0.39, 0.29) is 12.5 Å². The van der Waals surface area contributed by atoms with Crippen LogP contribution < -0.4 is 5.73 Å². The van der Waals surface area contributed by atoms with Gasteiger partial charge >= 0.3 is 6.16 Å². The molecule has 4 heteroatoms. The number of rotatable bonds is 3. The summed E-state index contributed by atoms with van der Waals surface area (Å²) < 4.78 is 4.22. The van der Waals surface area contributed by atoms with Crippen molar-refractivity contribution in [3.63, 3.8) is 0 Å². The van der Waals surface area contributed by atoms with Gasteiger partial charge in [0.2, 0.25) is 0 Å². The molecule has 0 aliphatic rings. The first-order chi connectivity index (χ1) is 5.54. The molecular formula is C8H19NO3. The van der Waals surface area contributed by atoms with Crippen molar-refractivity contribution in [2.24, 2.45) is 11.7 Å². The van der Waals surface area contributed by atoms with Crippen LogP contribution in [-0.4, -0.2) is 24.4 Å². The molecule has 0 saturated heterocycles. The molecule has 0 aromatic rings. The van der Waals surface area contributed by atoms with E-state index >= 15 is 0 Å². The lowest BCUT2D eigenvalue weighted by atomic mass is 10.2. The first-order valence-corrected chi connectivity index (χ1v) is 4.10. The highest BCUT2D eigenvalue weighted by Crippen LogP contribution is 1.91. The van der Waals surface area contributed by atoms with Gasteiger partial charge in [-0.25, -0.2) is 4.79 Å². The standard InChI is InChI=1S/C5H10O3.C3H9N/c1-4(2)3-8-5(6)7;1-2-3-4/h4H,3H2,1-2H3,(H,6,7);2-4H2,1H3. The number of nitrogens with two attached hydrogens (primary N) is 1. The number of carboxylic acid groups (broad SMARTS) is 1. The van der Waals surface area contributed by atoms with E-state index in [0.29, 0.717) is 0 Å². The molecule has 0 aliphatic carbocycles. The molecule has 3 N–H and O–H groups in total. The van der Waals surface area contributed by atoms with Gasteiger partial charge in [-0.15, -0.1) is 0 Å². The van der Waals surface area contributed by atoms with Gasteiger partial charge in [0, 0.05) is 0 Å². The Labute approximate surface area is 73.7 Å². The van der Waals surface area contributed by atoms with Gasteiger partial charge in [-0.1, -0.05) is 20.8 Å². The normalized spacial score (nSPS) is 8.75. The maximum Gasteiger partial charge on any atom is 0.505 e. The van der Waals surface area contributed by atoms with Crippen LogP contribution in [0.4, 0.5) is 4.79 Å². The van der Waals surface area contributed by atoms with Crippen LogP contribution in [0.15, 0.2) is 0 Å². The summed E-state index contributed by atoms with van der Waals surface area (Å²) in [6, 6.07) is 0. The van der Waals surface area contributed by atoms with Gasteiger partial charge in [-0.05, 0) is 18.9 Å². The molecule has 0 atom stereocenters. The molecule has 0 amide bonds. The van der Waals surface area contributed by atoms with Crippen molar-refractivity contribution in [2.45, 2.75) is 27.2 Å². The summed E-state index contributed by atoms with van der Waals surface area (Å²) in [5.41, 5.74) is 5.03. The monoisotopic (exact) mass is 177 g/mol. The van der Waals surface area contributed by atoms with Crippen molar-refractivity contribution in [2.75, 3.05) is 13.2 Å². The highest BCUT2D eigenvalue weighted by molar-refractivity contribution is 5.56. The summed E-state index contributed by atoms with van der Waals surface area (Å²) in [7, 11) is 0. The van der Waals surface area contributed by atoms with Crippen molar-refractivity contribution in [1.82, 2.24) is 0 Å². The minimum Gasteiger partial charge on any atom is -0.450 e. The largest absolute Gasteiger partial charge is 0.505 e. The minimum absolute atomic E-state index is 0.283. The molecule has 0 heterocycles. The fourth-order valence-corrected chi connectivity index (χ4v) is 0.238. The summed E-state index contributed by atoms with van der Waals surface area (Å²) in [5, 5.41) is 7.94. The van der Waals surface area contributed by atoms with Crippen LogP contribution in [-0.2, 0) is 4.74 Å². The van der Waals surface area contributed by atoms with Crippen LogP contribution in [0.5, 0.6) is 0 Å². The van der Waals surface area contributed by atoms with E-state index < -0.39 is 6.16 Å². The van der Waals surface area contributed by atoms with Crippen LogP contribution in [0.3, 0.4) is 0 Å². The van der Waals surface area contributed by atoms with E-state index in [4.69, 9.17) is 10.8 Å². The second-order valence-electron chi connectivity index (χ2n) is 2.76. The van der Waals surface area contributed by atoms with E-state index in [1.54, 1.807) is 0 Å². The Balaban J connectivity index is 0. The van der Waals surface area contributed by atoms with Gasteiger partial charge in [0.05, 0.1) is 6.61 Å².